The largest absolute Gasteiger partial charge is 0.455 e. The number of ether oxygens (including phenoxy) is 2. The van der Waals surface area contributed by atoms with E-state index >= 15 is 0 Å². The third-order valence-corrected chi connectivity index (χ3v) is 5.94. The van der Waals surface area contributed by atoms with Crippen molar-refractivity contribution in [1.82, 2.24) is 0 Å². The van der Waals surface area contributed by atoms with Crippen molar-refractivity contribution in [1.29, 1.82) is 0 Å². The van der Waals surface area contributed by atoms with E-state index in [1.807, 2.05) is 134 Å². The number of benzene rings is 4. The van der Waals surface area contributed by atoms with Gasteiger partial charge in [-0.2, -0.15) is 0 Å². The van der Waals surface area contributed by atoms with Crippen LogP contribution in [0.25, 0.3) is 0 Å². The summed E-state index contributed by atoms with van der Waals surface area (Å²) in [6.45, 7) is 0. The van der Waals surface area contributed by atoms with Gasteiger partial charge in [-0.25, -0.2) is 0 Å². The summed E-state index contributed by atoms with van der Waals surface area (Å²) >= 11 is 1.61. The average molecular weight is 475 g/mol. The van der Waals surface area contributed by atoms with E-state index in [-0.39, 0.29) is 0 Å². The number of para-hydroxylation sites is 6. The molecule has 35 heavy (non-hydrogen) atoms. The number of nitrogens with zero attached hydrogens (tertiary/aromatic N) is 2. The molecule has 5 rings (SSSR count). The molecule has 1 heterocycles. The average Bonchev–Trinajstić information content (AvgIpc) is 3.37. The number of hydrogen-bond donors (Lipinski definition) is 0. The minimum atomic E-state index is 0.711. The molecule has 0 aliphatic heterocycles. The van der Waals surface area contributed by atoms with Crippen molar-refractivity contribution in [3.8, 4) is 23.0 Å². The minimum absolute atomic E-state index is 0.711. The Morgan fingerprint density at radius 2 is 0.857 bits per heavy atom. The summed E-state index contributed by atoms with van der Waals surface area (Å²) in [7, 11) is 0. The van der Waals surface area contributed by atoms with Crippen LogP contribution in [0.4, 0.5) is 11.4 Å². The highest BCUT2D eigenvalue weighted by atomic mass is 32.1. The van der Waals surface area contributed by atoms with Crippen LogP contribution in [0.3, 0.4) is 0 Å². The molecule has 0 saturated carbocycles. The normalized spacial score (nSPS) is 11.2. The third-order valence-electron chi connectivity index (χ3n) is 4.98. The molecule has 0 radical (unpaired) electrons. The molecule has 0 aliphatic rings. The van der Waals surface area contributed by atoms with Crippen LogP contribution in [0.2, 0.25) is 0 Å². The molecule has 0 unspecified atom stereocenters. The summed E-state index contributed by atoms with van der Waals surface area (Å²) < 4.78 is 12.0. The monoisotopic (exact) mass is 474 g/mol. The van der Waals surface area contributed by atoms with Crippen molar-refractivity contribution in [3.05, 3.63) is 131 Å². The van der Waals surface area contributed by atoms with E-state index in [1.165, 1.54) is 0 Å². The first-order valence-corrected chi connectivity index (χ1v) is 12.0. The van der Waals surface area contributed by atoms with Gasteiger partial charge in [-0.1, -0.05) is 60.7 Å². The van der Waals surface area contributed by atoms with Gasteiger partial charge in [0.15, 0.2) is 11.5 Å². The van der Waals surface area contributed by atoms with Crippen molar-refractivity contribution in [2.24, 2.45) is 9.98 Å². The molecule has 0 fully saturated rings. The highest BCUT2D eigenvalue weighted by molar-refractivity contribution is 7.15. The summed E-state index contributed by atoms with van der Waals surface area (Å²) in [5, 5.41) is 0. The van der Waals surface area contributed by atoms with E-state index in [1.54, 1.807) is 11.3 Å². The second kappa shape index (κ2) is 11.1. The van der Waals surface area contributed by atoms with E-state index in [2.05, 4.69) is 9.98 Å². The van der Waals surface area contributed by atoms with Crippen LogP contribution >= 0.6 is 11.3 Å². The van der Waals surface area contributed by atoms with Gasteiger partial charge < -0.3 is 9.47 Å². The molecule has 4 nitrogen and oxygen atoms in total. The van der Waals surface area contributed by atoms with Crippen molar-refractivity contribution in [3.63, 3.8) is 0 Å². The summed E-state index contributed by atoms with van der Waals surface area (Å²) in [6, 6.07) is 39.0. The Morgan fingerprint density at radius 1 is 0.457 bits per heavy atom. The Bertz CT molecular complexity index is 1330. The Balaban J connectivity index is 1.29. The van der Waals surface area contributed by atoms with E-state index in [9.17, 15) is 0 Å². The first-order chi connectivity index (χ1) is 17.3. The molecule has 1 aromatic heterocycles. The van der Waals surface area contributed by atoms with E-state index < -0.39 is 0 Å². The minimum Gasteiger partial charge on any atom is -0.455 e. The molecule has 0 aliphatic carbocycles. The Hall–Kier alpha value is -4.48. The lowest BCUT2D eigenvalue weighted by atomic mass is 10.3. The maximum absolute atomic E-state index is 6.00. The molecule has 5 heteroatoms. The summed E-state index contributed by atoms with van der Waals surface area (Å²) in [6.07, 6.45) is 3.70. The Kier molecular flexibility index (Phi) is 7.08. The van der Waals surface area contributed by atoms with Gasteiger partial charge in [-0.05, 0) is 60.7 Å². The lowest BCUT2D eigenvalue weighted by Crippen LogP contribution is -1.84. The highest BCUT2D eigenvalue weighted by Crippen LogP contribution is 2.33. The van der Waals surface area contributed by atoms with E-state index in [0.29, 0.717) is 11.5 Å². The van der Waals surface area contributed by atoms with Gasteiger partial charge >= 0.3 is 0 Å². The van der Waals surface area contributed by atoms with E-state index in [0.717, 1.165) is 32.6 Å². The molecule has 0 N–H and O–H groups in total. The molecular weight excluding hydrogens is 452 g/mol. The molecule has 170 valence electrons. The van der Waals surface area contributed by atoms with Gasteiger partial charge in [0.25, 0.3) is 0 Å². The summed E-state index contributed by atoms with van der Waals surface area (Å²) in [5.74, 6) is 2.98. The topological polar surface area (TPSA) is 43.2 Å². The zero-order valence-corrected chi connectivity index (χ0v) is 19.6. The van der Waals surface area contributed by atoms with E-state index in [4.69, 9.17) is 9.47 Å². The maximum atomic E-state index is 6.00. The van der Waals surface area contributed by atoms with Crippen molar-refractivity contribution < 1.29 is 9.47 Å². The molecular formula is C30H22N2O2S. The molecule has 5 aromatic rings. The Labute approximate surface area is 208 Å². The van der Waals surface area contributed by atoms with Crippen LogP contribution in [0, 0.1) is 0 Å². The van der Waals surface area contributed by atoms with Gasteiger partial charge in [0.1, 0.15) is 22.9 Å². The quantitative estimate of drug-likeness (QED) is 0.211. The number of hydrogen-bond acceptors (Lipinski definition) is 5. The molecule has 0 spiro atoms. The summed E-state index contributed by atoms with van der Waals surface area (Å²) in [4.78, 5) is 11.4. The zero-order chi connectivity index (χ0) is 23.7. The number of aliphatic imine (C=N–C) groups is 2. The molecule has 0 atom stereocenters. The van der Waals surface area contributed by atoms with Gasteiger partial charge in [0, 0.05) is 22.2 Å². The van der Waals surface area contributed by atoms with Crippen LogP contribution in [0.15, 0.2) is 131 Å². The predicted octanol–water partition coefficient (Wildman–Crippen LogP) is 8.83. The second-order valence-electron chi connectivity index (χ2n) is 7.52. The Morgan fingerprint density at radius 3 is 1.31 bits per heavy atom. The van der Waals surface area contributed by atoms with Crippen LogP contribution in [-0.2, 0) is 0 Å². The fourth-order valence-corrected chi connectivity index (χ4v) is 4.06. The lowest BCUT2D eigenvalue weighted by molar-refractivity contribution is 0.484. The molecule has 4 aromatic carbocycles. The van der Waals surface area contributed by atoms with Crippen molar-refractivity contribution in [2.75, 3.05) is 0 Å². The fraction of sp³-hybridized carbons (Fsp3) is 0. The second-order valence-corrected chi connectivity index (χ2v) is 8.67. The smallest absolute Gasteiger partial charge is 0.153 e. The van der Waals surface area contributed by atoms with Crippen LogP contribution in [0.5, 0.6) is 23.0 Å². The summed E-state index contributed by atoms with van der Waals surface area (Å²) in [5.41, 5.74) is 1.54. The van der Waals surface area contributed by atoms with Crippen molar-refractivity contribution in [2.45, 2.75) is 0 Å². The lowest BCUT2D eigenvalue weighted by Gasteiger charge is -2.07. The van der Waals surface area contributed by atoms with Gasteiger partial charge in [0.05, 0.1) is 0 Å². The number of thiophene rings is 1. The first kappa shape index (κ1) is 22.3. The van der Waals surface area contributed by atoms with Gasteiger partial charge in [-0.3, -0.25) is 9.98 Å². The van der Waals surface area contributed by atoms with Crippen molar-refractivity contribution >= 4 is 35.1 Å². The van der Waals surface area contributed by atoms with Gasteiger partial charge in [-0.15, -0.1) is 11.3 Å². The predicted molar refractivity (Wildman–Crippen MR) is 145 cm³/mol. The molecule has 0 amide bonds. The van der Waals surface area contributed by atoms with Gasteiger partial charge in [0.2, 0.25) is 0 Å². The number of rotatable bonds is 8. The van der Waals surface area contributed by atoms with Crippen LogP contribution < -0.4 is 9.47 Å². The standard InChI is InChI=1S/C30H22N2O2S/c1-3-11-23(12-4-1)33-29-17-9-7-15-27(29)31-21-25-19-20-26(35-25)22-32-28-16-8-10-18-30(28)34-24-13-5-2-6-14-24/h1-22H. The third kappa shape index (κ3) is 6.10. The highest BCUT2D eigenvalue weighted by Gasteiger charge is 2.05. The van der Waals surface area contributed by atoms with Crippen LogP contribution in [-0.4, -0.2) is 12.4 Å². The van der Waals surface area contributed by atoms with Crippen LogP contribution in [0.1, 0.15) is 9.75 Å². The zero-order valence-electron chi connectivity index (χ0n) is 18.8. The maximum Gasteiger partial charge on any atom is 0.153 e. The SMILES string of the molecule is C(=Nc1ccccc1Oc1ccccc1)c1ccc(C=Nc2ccccc2Oc2ccccc2)s1. The molecule has 0 bridgehead atoms. The first-order valence-electron chi connectivity index (χ1n) is 11.2. The molecule has 0 saturated heterocycles. The fourth-order valence-electron chi connectivity index (χ4n) is 3.30.